The summed E-state index contributed by atoms with van der Waals surface area (Å²) in [7, 11) is 0. The van der Waals surface area contributed by atoms with E-state index < -0.39 is 42.5 Å². The molecule has 5 rings (SSSR count). The van der Waals surface area contributed by atoms with Gasteiger partial charge in [0.05, 0.1) is 24.9 Å². The van der Waals surface area contributed by atoms with Gasteiger partial charge in [0.15, 0.2) is 6.10 Å². The van der Waals surface area contributed by atoms with E-state index in [9.17, 15) is 30.0 Å². The molecule has 2 fully saturated rings. The number of hydrogen-bond acceptors (Lipinski definition) is 11. The van der Waals surface area contributed by atoms with Crippen LogP contribution < -0.4 is 10.1 Å². The van der Waals surface area contributed by atoms with Crippen LogP contribution in [0.1, 0.15) is 50.2 Å². The smallest absolute Gasteiger partial charge is 0.254 e. The van der Waals surface area contributed by atoms with Crippen molar-refractivity contribution in [1.29, 1.82) is 0 Å². The summed E-state index contributed by atoms with van der Waals surface area (Å²) in [4.78, 5) is 31.1. The van der Waals surface area contributed by atoms with Gasteiger partial charge in [-0.2, -0.15) is 0 Å². The van der Waals surface area contributed by atoms with Crippen LogP contribution in [-0.2, 0) is 26.5 Å². The van der Waals surface area contributed by atoms with Crippen LogP contribution in [-0.4, -0.2) is 110 Å². The highest BCUT2D eigenvalue weighted by Crippen LogP contribution is 2.53. The van der Waals surface area contributed by atoms with E-state index in [4.69, 9.17) is 26.2 Å². The molecule has 2 aliphatic carbocycles. The number of aliphatic hydroxyl groups excluding tert-OH is 5. The van der Waals surface area contributed by atoms with Crippen molar-refractivity contribution in [2.45, 2.75) is 86.7 Å². The minimum absolute atomic E-state index is 0.0491. The SMILES string of the molecule is CC(=O)NCCN(CCCSc1ccc(Cl)c(COC2(c3cnccc3-c3ccccc3OC3CC3)CC2)c1)C(=O)C(O)C(O)C(O)C(O)CO. The lowest BCUT2D eigenvalue weighted by Gasteiger charge is -2.30. The largest absolute Gasteiger partial charge is 0.490 e. The highest BCUT2D eigenvalue weighted by molar-refractivity contribution is 7.99. The summed E-state index contributed by atoms with van der Waals surface area (Å²) in [6.45, 7) is 1.12. The quantitative estimate of drug-likeness (QED) is 0.0740. The van der Waals surface area contributed by atoms with Crippen molar-refractivity contribution < 1.29 is 44.6 Å². The maximum Gasteiger partial charge on any atom is 0.254 e. The fraction of sp³-hybridized carbons (Fsp3) is 0.486. The van der Waals surface area contributed by atoms with Gasteiger partial charge in [-0.3, -0.25) is 14.6 Å². The van der Waals surface area contributed by atoms with E-state index in [0.717, 1.165) is 58.6 Å². The molecule has 14 heteroatoms. The molecule has 51 heavy (non-hydrogen) atoms. The predicted molar refractivity (Wildman–Crippen MR) is 192 cm³/mol. The van der Waals surface area contributed by atoms with Gasteiger partial charge >= 0.3 is 0 Å². The lowest BCUT2D eigenvalue weighted by molar-refractivity contribution is -0.158. The Balaban J connectivity index is 1.19. The molecule has 2 amide bonds. The summed E-state index contributed by atoms with van der Waals surface area (Å²) >= 11 is 8.17. The first-order valence-electron chi connectivity index (χ1n) is 17.1. The molecule has 1 aromatic heterocycles. The third-order valence-corrected chi connectivity index (χ3v) is 10.4. The normalized spacial score (nSPS) is 17.2. The van der Waals surface area contributed by atoms with Gasteiger partial charge in [-0.05, 0) is 79.3 Å². The number of nitrogens with zero attached hydrogens (tertiary/aromatic N) is 2. The number of hydrogen-bond donors (Lipinski definition) is 6. The fourth-order valence-corrected chi connectivity index (χ4v) is 6.79. The van der Waals surface area contributed by atoms with Crippen LogP contribution in [0.5, 0.6) is 5.75 Å². The molecule has 1 heterocycles. The first-order chi connectivity index (χ1) is 24.5. The topological polar surface area (TPSA) is 182 Å². The molecular weight excluding hydrogens is 698 g/mol. The first-order valence-corrected chi connectivity index (χ1v) is 18.5. The zero-order valence-corrected chi connectivity index (χ0v) is 30.1. The summed E-state index contributed by atoms with van der Waals surface area (Å²) in [6.07, 6.45) is 0.542. The molecule has 4 atom stereocenters. The number of carbonyl (C=O) groups excluding carboxylic acids is 2. The second-order valence-corrected chi connectivity index (χ2v) is 14.5. The number of rotatable bonds is 20. The molecule has 0 radical (unpaired) electrons. The molecule has 0 bridgehead atoms. The van der Waals surface area contributed by atoms with Gasteiger partial charge in [-0.15, -0.1) is 11.8 Å². The Morgan fingerprint density at radius 2 is 1.82 bits per heavy atom. The van der Waals surface area contributed by atoms with E-state index in [1.54, 1.807) is 18.0 Å². The van der Waals surface area contributed by atoms with E-state index in [2.05, 4.69) is 16.4 Å². The van der Waals surface area contributed by atoms with Gasteiger partial charge in [0.25, 0.3) is 5.91 Å². The van der Waals surface area contributed by atoms with Crippen LogP contribution in [0, 0.1) is 0 Å². The van der Waals surface area contributed by atoms with Crippen molar-refractivity contribution in [3.63, 3.8) is 0 Å². The summed E-state index contributed by atoms with van der Waals surface area (Å²) in [5.41, 5.74) is 3.43. The maximum absolute atomic E-state index is 13.0. The average Bonchev–Trinajstić information content (AvgIpc) is 4.09. The fourth-order valence-electron chi connectivity index (χ4n) is 5.72. The third-order valence-electron chi connectivity index (χ3n) is 8.95. The van der Waals surface area contributed by atoms with Crippen LogP contribution in [0.3, 0.4) is 0 Å². The van der Waals surface area contributed by atoms with E-state index in [0.29, 0.717) is 23.8 Å². The third kappa shape index (κ3) is 10.4. The molecule has 276 valence electrons. The van der Waals surface area contributed by atoms with Gasteiger partial charge in [-0.1, -0.05) is 29.8 Å². The molecule has 6 N–H and O–H groups in total. The van der Waals surface area contributed by atoms with Crippen molar-refractivity contribution in [2.24, 2.45) is 0 Å². The number of aliphatic hydroxyl groups is 5. The molecule has 2 aliphatic rings. The Labute approximate surface area is 306 Å². The zero-order valence-electron chi connectivity index (χ0n) is 28.5. The lowest BCUT2D eigenvalue weighted by atomic mass is 9.96. The molecule has 12 nitrogen and oxygen atoms in total. The standard InChI is InChI=1S/C37H46ClN3O9S/c1-23(43)40-15-17-41(36(48)35(47)34(46)33(45)31(44)21-42)16-4-18-51-26-9-10-30(38)24(19-26)22-49-37(12-13-37)29-20-39-14-11-27(29)28-5-2-3-6-32(28)50-25-7-8-25/h2-3,5-6,9-11,14,19-20,25,31,33-35,42,44-47H,4,7-8,12-13,15-18,21-22H2,1H3,(H,40,43). The Morgan fingerprint density at radius 3 is 2.53 bits per heavy atom. The second-order valence-electron chi connectivity index (χ2n) is 13.0. The number of carbonyl (C=O) groups is 2. The Kier molecular flexibility index (Phi) is 13.7. The van der Waals surface area contributed by atoms with E-state index in [1.807, 2.05) is 48.7 Å². The molecular formula is C37H46ClN3O9S. The monoisotopic (exact) mass is 743 g/mol. The van der Waals surface area contributed by atoms with Crippen molar-refractivity contribution in [2.75, 3.05) is 32.0 Å². The summed E-state index contributed by atoms with van der Waals surface area (Å²) < 4.78 is 12.8. The molecule has 2 saturated carbocycles. The molecule has 0 spiro atoms. The van der Waals surface area contributed by atoms with Crippen LogP contribution >= 0.6 is 23.4 Å². The minimum Gasteiger partial charge on any atom is -0.490 e. The minimum atomic E-state index is -2.05. The van der Waals surface area contributed by atoms with Gasteiger partial charge in [0.2, 0.25) is 5.91 Å². The maximum atomic E-state index is 13.0. The van der Waals surface area contributed by atoms with Crippen molar-refractivity contribution in [3.05, 3.63) is 77.1 Å². The summed E-state index contributed by atoms with van der Waals surface area (Å²) in [5.74, 6) is 0.279. The second kappa shape index (κ2) is 18.0. The number of amides is 2. The number of ether oxygens (including phenoxy) is 2. The summed E-state index contributed by atoms with van der Waals surface area (Å²) in [6, 6.07) is 15.8. The number of thioether (sulfide) groups is 1. The van der Waals surface area contributed by atoms with Crippen molar-refractivity contribution in [3.8, 4) is 16.9 Å². The van der Waals surface area contributed by atoms with Crippen LogP contribution in [0.15, 0.2) is 65.8 Å². The molecule has 3 aromatic rings. The number of aromatic nitrogens is 1. The van der Waals surface area contributed by atoms with Gasteiger partial charge in [-0.25, -0.2) is 0 Å². The van der Waals surface area contributed by atoms with Gasteiger partial charge in [0.1, 0.15) is 24.1 Å². The molecule has 0 saturated heterocycles. The van der Waals surface area contributed by atoms with E-state index >= 15 is 0 Å². The van der Waals surface area contributed by atoms with Crippen LogP contribution in [0.4, 0.5) is 0 Å². The molecule has 0 aliphatic heterocycles. The molecule has 4 unspecified atom stereocenters. The lowest BCUT2D eigenvalue weighted by Crippen LogP contribution is -2.53. The Bertz CT molecular complexity index is 1640. The number of halogens is 1. The predicted octanol–water partition coefficient (Wildman–Crippen LogP) is 3.03. The number of para-hydroxylation sites is 1. The van der Waals surface area contributed by atoms with Crippen molar-refractivity contribution in [1.82, 2.24) is 15.2 Å². The first kappa shape index (κ1) is 38.9. The Morgan fingerprint density at radius 1 is 1.06 bits per heavy atom. The number of pyridine rings is 1. The van der Waals surface area contributed by atoms with Gasteiger partial charge < -0.3 is 45.2 Å². The molecule has 2 aromatic carbocycles. The zero-order chi connectivity index (χ0) is 36.5. The number of benzene rings is 2. The van der Waals surface area contributed by atoms with Crippen molar-refractivity contribution >= 4 is 35.2 Å². The van der Waals surface area contributed by atoms with E-state index in [1.165, 1.54) is 11.8 Å². The van der Waals surface area contributed by atoms with Crippen LogP contribution in [0.25, 0.3) is 11.1 Å². The average molecular weight is 744 g/mol. The van der Waals surface area contributed by atoms with Gasteiger partial charge in [0, 0.05) is 60.0 Å². The Hall–Kier alpha value is -3.27. The number of nitrogens with one attached hydrogen (secondary N) is 1. The van der Waals surface area contributed by atoms with Crippen LogP contribution in [0.2, 0.25) is 5.02 Å². The summed E-state index contributed by atoms with van der Waals surface area (Å²) in [5, 5.41) is 52.5. The highest BCUT2D eigenvalue weighted by Gasteiger charge is 2.48. The van der Waals surface area contributed by atoms with E-state index in [-0.39, 0.29) is 31.6 Å². The highest BCUT2D eigenvalue weighted by atomic mass is 35.5.